The second kappa shape index (κ2) is 7.29. The van der Waals surface area contributed by atoms with Crippen LogP contribution in [0, 0.1) is 6.92 Å². The Morgan fingerprint density at radius 2 is 1.94 bits per heavy atom. The highest BCUT2D eigenvalue weighted by molar-refractivity contribution is 9.09. The van der Waals surface area contributed by atoms with E-state index in [1.807, 2.05) is 12.1 Å². The van der Waals surface area contributed by atoms with Crippen LogP contribution >= 0.6 is 15.9 Å². The number of alkyl halides is 1. The van der Waals surface area contributed by atoms with Crippen LogP contribution in [-0.4, -0.2) is 25.3 Å². The molecule has 0 fully saturated rings. The normalized spacial score (nSPS) is 13.5. The molecule has 4 heteroatoms. The van der Waals surface area contributed by atoms with E-state index in [-0.39, 0.29) is 5.75 Å². The first-order chi connectivity index (χ1) is 8.50. The molecular formula is C14H21BrO2S. The lowest BCUT2D eigenvalue weighted by molar-refractivity contribution is 0.588. The second-order valence-corrected chi connectivity index (χ2v) is 7.71. The van der Waals surface area contributed by atoms with Crippen LogP contribution in [0.2, 0.25) is 0 Å². The molecule has 1 rings (SSSR count). The van der Waals surface area contributed by atoms with E-state index in [2.05, 4.69) is 35.0 Å². The molecule has 0 aliphatic rings. The van der Waals surface area contributed by atoms with Gasteiger partial charge in [-0.15, -0.1) is 0 Å². The van der Waals surface area contributed by atoms with Gasteiger partial charge >= 0.3 is 0 Å². The fraction of sp³-hybridized carbons (Fsp3) is 0.571. The first-order valence-corrected chi connectivity index (χ1v) is 9.26. The highest BCUT2D eigenvalue weighted by Gasteiger charge is 2.14. The van der Waals surface area contributed by atoms with Gasteiger partial charge in [0.1, 0.15) is 9.84 Å². The predicted molar refractivity (Wildman–Crippen MR) is 81.3 cm³/mol. The van der Waals surface area contributed by atoms with Crippen LogP contribution in [0.1, 0.15) is 36.8 Å². The Morgan fingerprint density at radius 1 is 1.28 bits per heavy atom. The van der Waals surface area contributed by atoms with Gasteiger partial charge in [0, 0.05) is 11.1 Å². The van der Waals surface area contributed by atoms with E-state index in [4.69, 9.17) is 0 Å². The van der Waals surface area contributed by atoms with E-state index in [9.17, 15) is 8.42 Å². The van der Waals surface area contributed by atoms with Gasteiger partial charge in [-0.3, -0.25) is 0 Å². The molecule has 0 saturated carbocycles. The minimum Gasteiger partial charge on any atom is -0.229 e. The number of hydrogen-bond donors (Lipinski definition) is 0. The van der Waals surface area contributed by atoms with Gasteiger partial charge in [-0.2, -0.15) is 0 Å². The van der Waals surface area contributed by atoms with Crippen LogP contribution in [0.15, 0.2) is 24.3 Å². The lowest BCUT2D eigenvalue weighted by atomic mass is 9.93. The third kappa shape index (κ3) is 4.73. The predicted octanol–water partition coefficient (Wildman–Crippen LogP) is 3.69. The summed E-state index contributed by atoms with van der Waals surface area (Å²) in [5.41, 5.74) is 2.60. The second-order valence-electron chi connectivity index (χ2n) is 4.59. The molecule has 0 bridgehead atoms. The fourth-order valence-electron chi connectivity index (χ4n) is 2.05. The van der Waals surface area contributed by atoms with Crippen molar-refractivity contribution >= 4 is 25.8 Å². The molecule has 0 aliphatic carbocycles. The van der Waals surface area contributed by atoms with Crippen LogP contribution in [0.25, 0.3) is 0 Å². The first-order valence-electron chi connectivity index (χ1n) is 6.32. The molecule has 0 aromatic heterocycles. The molecule has 1 aromatic rings. The maximum absolute atomic E-state index is 11.5. The summed E-state index contributed by atoms with van der Waals surface area (Å²) in [5, 5.41) is 0.879. The van der Waals surface area contributed by atoms with Crippen LogP contribution in [0.3, 0.4) is 0 Å². The van der Waals surface area contributed by atoms with Crippen LogP contribution in [0.4, 0.5) is 0 Å². The van der Waals surface area contributed by atoms with Crippen molar-refractivity contribution in [3.8, 4) is 0 Å². The van der Waals surface area contributed by atoms with Gasteiger partial charge in [0.2, 0.25) is 0 Å². The van der Waals surface area contributed by atoms with Crippen molar-refractivity contribution in [1.29, 1.82) is 0 Å². The first kappa shape index (κ1) is 15.7. The zero-order valence-corrected chi connectivity index (χ0v) is 13.4. The molecule has 0 radical (unpaired) electrons. The number of sulfone groups is 1. The van der Waals surface area contributed by atoms with E-state index < -0.39 is 9.84 Å². The molecule has 2 nitrogen and oxygen atoms in total. The molecule has 0 spiro atoms. The standard InChI is InChI=1S/C14H21BrO2S/c1-3-18(16,17)10-6-8-13(11-15)14-9-5-4-7-12(14)2/h4-5,7,9,13H,3,6,8,10-11H2,1-2H3. The molecular weight excluding hydrogens is 312 g/mol. The van der Waals surface area contributed by atoms with Gasteiger partial charge in [-0.05, 0) is 36.8 Å². The summed E-state index contributed by atoms with van der Waals surface area (Å²) in [5.74, 6) is 0.952. The molecule has 1 unspecified atom stereocenters. The van der Waals surface area contributed by atoms with Crippen molar-refractivity contribution in [2.24, 2.45) is 0 Å². The monoisotopic (exact) mass is 332 g/mol. The van der Waals surface area contributed by atoms with Crippen molar-refractivity contribution in [2.75, 3.05) is 16.8 Å². The Labute approximate surface area is 119 Å². The van der Waals surface area contributed by atoms with Gasteiger partial charge in [-0.25, -0.2) is 8.42 Å². The van der Waals surface area contributed by atoms with Crippen molar-refractivity contribution in [3.63, 3.8) is 0 Å². The van der Waals surface area contributed by atoms with E-state index in [0.29, 0.717) is 11.7 Å². The van der Waals surface area contributed by atoms with Gasteiger partial charge < -0.3 is 0 Å². The Morgan fingerprint density at radius 3 is 2.50 bits per heavy atom. The summed E-state index contributed by atoms with van der Waals surface area (Å²) in [6, 6.07) is 8.32. The van der Waals surface area contributed by atoms with Gasteiger partial charge in [0.05, 0.1) is 5.75 Å². The molecule has 1 aromatic carbocycles. The largest absolute Gasteiger partial charge is 0.229 e. The molecule has 0 aliphatic heterocycles. The topological polar surface area (TPSA) is 34.1 Å². The van der Waals surface area contributed by atoms with Crippen molar-refractivity contribution in [3.05, 3.63) is 35.4 Å². The van der Waals surface area contributed by atoms with Crippen molar-refractivity contribution in [1.82, 2.24) is 0 Å². The Bertz CT molecular complexity index is 468. The van der Waals surface area contributed by atoms with E-state index in [1.54, 1.807) is 6.92 Å². The molecule has 0 saturated heterocycles. The van der Waals surface area contributed by atoms with E-state index >= 15 is 0 Å². The number of halogens is 1. The average Bonchev–Trinajstić information content (AvgIpc) is 2.36. The minimum atomic E-state index is -2.83. The summed E-state index contributed by atoms with van der Waals surface area (Å²) < 4.78 is 22.9. The number of aryl methyl sites for hydroxylation is 1. The Kier molecular flexibility index (Phi) is 6.36. The maximum atomic E-state index is 11.5. The fourth-order valence-corrected chi connectivity index (χ4v) is 3.62. The van der Waals surface area contributed by atoms with Crippen molar-refractivity contribution in [2.45, 2.75) is 32.6 Å². The third-order valence-electron chi connectivity index (χ3n) is 3.26. The molecule has 18 heavy (non-hydrogen) atoms. The van der Waals surface area contributed by atoms with Gasteiger partial charge in [-0.1, -0.05) is 47.1 Å². The molecule has 0 amide bonds. The Hall–Kier alpha value is -0.350. The quantitative estimate of drug-likeness (QED) is 0.713. The summed E-state index contributed by atoms with van der Waals surface area (Å²) in [6.07, 6.45) is 1.65. The van der Waals surface area contributed by atoms with Crippen molar-refractivity contribution < 1.29 is 8.42 Å². The van der Waals surface area contributed by atoms with Gasteiger partial charge in [0.25, 0.3) is 0 Å². The highest BCUT2D eigenvalue weighted by Crippen LogP contribution is 2.26. The zero-order valence-electron chi connectivity index (χ0n) is 11.0. The molecule has 102 valence electrons. The molecule has 1 atom stereocenters. The van der Waals surface area contributed by atoms with Crippen LogP contribution < -0.4 is 0 Å². The highest BCUT2D eigenvalue weighted by atomic mass is 79.9. The zero-order chi connectivity index (χ0) is 13.6. The van der Waals surface area contributed by atoms with Crippen LogP contribution in [0.5, 0.6) is 0 Å². The number of rotatable bonds is 7. The number of hydrogen-bond acceptors (Lipinski definition) is 2. The molecule has 0 N–H and O–H groups in total. The van der Waals surface area contributed by atoms with Gasteiger partial charge in [0.15, 0.2) is 0 Å². The van der Waals surface area contributed by atoms with E-state index in [0.717, 1.165) is 18.2 Å². The lowest BCUT2D eigenvalue weighted by Gasteiger charge is -2.16. The third-order valence-corrected chi connectivity index (χ3v) is 5.83. The summed E-state index contributed by atoms with van der Waals surface area (Å²) >= 11 is 3.53. The number of benzene rings is 1. The minimum absolute atomic E-state index is 0.246. The SMILES string of the molecule is CCS(=O)(=O)CCCC(CBr)c1ccccc1C. The van der Waals surface area contributed by atoms with E-state index in [1.165, 1.54) is 11.1 Å². The smallest absolute Gasteiger partial charge is 0.150 e. The summed E-state index contributed by atoms with van der Waals surface area (Å²) in [4.78, 5) is 0. The summed E-state index contributed by atoms with van der Waals surface area (Å²) in [7, 11) is -2.83. The van der Waals surface area contributed by atoms with Crippen LogP contribution in [-0.2, 0) is 9.84 Å². The Balaban J connectivity index is 2.61. The molecule has 0 heterocycles. The average molecular weight is 333 g/mol. The lowest BCUT2D eigenvalue weighted by Crippen LogP contribution is -2.11. The maximum Gasteiger partial charge on any atom is 0.150 e. The summed E-state index contributed by atoms with van der Waals surface area (Å²) in [6.45, 7) is 3.81.